The van der Waals surface area contributed by atoms with Crippen LogP contribution in [0.4, 0.5) is 0 Å². The summed E-state index contributed by atoms with van der Waals surface area (Å²) >= 11 is 8.13. The number of ether oxygens (including phenoxy) is 1. The Morgan fingerprint density at radius 3 is 2.50 bits per heavy atom. The molecule has 3 aromatic carbocycles. The van der Waals surface area contributed by atoms with Gasteiger partial charge in [-0.05, 0) is 54.3 Å². The Bertz CT molecular complexity index is 923. The Labute approximate surface area is 186 Å². The molecule has 0 amide bonds. The first-order chi connectivity index (χ1) is 14.7. The molecule has 0 radical (unpaired) electrons. The van der Waals surface area contributed by atoms with Crippen molar-refractivity contribution in [3.8, 4) is 5.75 Å². The van der Waals surface area contributed by atoms with Gasteiger partial charge in [-0.2, -0.15) is 0 Å². The first kappa shape index (κ1) is 22.7. The molecule has 3 N–H and O–H groups in total. The molecule has 0 aliphatic carbocycles. The third-order valence-electron chi connectivity index (χ3n) is 4.73. The molecule has 0 aliphatic heterocycles. The van der Waals surface area contributed by atoms with Crippen molar-refractivity contribution in [3.05, 3.63) is 88.9 Å². The van der Waals surface area contributed by atoms with Crippen molar-refractivity contribution in [2.75, 3.05) is 13.2 Å². The van der Waals surface area contributed by atoms with Gasteiger partial charge in [-0.1, -0.05) is 65.8 Å². The SMILES string of the molecule is NOCC(CO)CCc1ccc(Sc2cccc(OCc3ccccc3)c2)cc1Cl. The second kappa shape index (κ2) is 12.0. The van der Waals surface area contributed by atoms with Gasteiger partial charge in [0, 0.05) is 27.3 Å². The number of hydrogen-bond acceptors (Lipinski definition) is 5. The van der Waals surface area contributed by atoms with Gasteiger partial charge in [0.1, 0.15) is 12.4 Å². The van der Waals surface area contributed by atoms with Gasteiger partial charge in [-0.25, -0.2) is 5.90 Å². The zero-order valence-electron chi connectivity index (χ0n) is 16.7. The van der Waals surface area contributed by atoms with Crippen LogP contribution in [-0.2, 0) is 17.9 Å². The van der Waals surface area contributed by atoms with Crippen LogP contribution in [0, 0.1) is 5.92 Å². The Kier molecular flexibility index (Phi) is 9.05. The van der Waals surface area contributed by atoms with Crippen molar-refractivity contribution < 1.29 is 14.7 Å². The second-order valence-electron chi connectivity index (χ2n) is 7.03. The molecule has 4 nitrogen and oxygen atoms in total. The van der Waals surface area contributed by atoms with Crippen LogP contribution in [0.15, 0.2) is 82.6 Å². The highest BCUT2D eigenvalue weighted by molar-refractivity contribution is 7.99. The molecule has 0 heterocycles. The van der Waals surface area contributed by atoms with Crippen LogP contribution in [0.2, 0.25) is 5.02 Å². The van der Waals surface area contributed by atoms with Crippen LogP contribution in [0.25, 0.3) is 0 Å². The molecular weight excluding hydrogens is 418 g/mol. The third kappa shape index (κ3) is 7.04. The van der Waals surface area contributed by atoms with E-state index in [-0.39, 0.29) is 12.5 Å². The van der Waals surface area contributed by atoms with E-state index in [1.165, 1.54) is 0 Å². The second-order valence-corrected chi connectivity index (χ2v) is 8.58. The molecule has 6 heteroatoms. The molecule has 1 atom stereocenters. The van der Waals surface area contributed by atoms with Gasteiger partial charge in [0.15, 0.2) is 0 Å². The van der Waals surface area contributed by atoms with Crippen LogP contribution in [0.3, 0.4) is 0 Å². The summed E-state index contributed by atoms with van der Waals surface area (Å²) in [6, 6.07) is 24.2. The number of aryl methyl sites for hydroxylation is 1. The lowest BCUT2D eigenvalue weighted by molar-refractivity contribution is 0.0701. The summed E-state index contributed by atoms with van der Waals surface area (Å²) in [6.07, 6.45) is 1.53. The van der Waals surface area contributed by atoms with E-state index in [9.17, 15) is 5.11 Å². The van der Waals surface area contributed by atoms with Gasteiger partial charge in [0.2, 0.25) is 0 Å². The summed E-state index contributed by atoms with van der Waals surface area (Å²) < 4.78 is 5.92. The predicted molar refractivity (Wildman–Crippen MR) is 122 cm³/mol. The average Bonchev–Trinajstić information content (AvgIpc) is 2.77. The highest BCUT2D eigenvalue weighted by atomic mass is 35.5. The smallest absolute Gasteiger partial charge is 0.120 e. The maximum atomic E-state index is 9.36. The van der Waals surface area contributed by atoms with Gasteiger partial charge < -0.3 is 14.7 Å². The molecule has 158 valence electrons. The zero-order chi connectivity index (χ0) is 21.2. The third-order valence-corrected chi connectivity index (χ3v) is 6.06. The minimum atomic E-state index is 0.0127. The van der Waals surface area contributed by atoms with Crippen molar-refractivity contribution in [3.63, 3.8) is 0 Å². The van der Waals surface area contributed by atoms with Crippen molar-refractivity contribution >= 4 is 23.4 Å². The molecule has 0 saturated heterocycles. The van der Waals surface area contributed by atoms with Crippen molar-refractivity contribution in [2.45, 2.75) is 29.2 Å². The lowest BCUT2D eigenvalue weighted by Gasteiger charge is -2.13. The Balaban J connectivity index is 1.58. The quantitative estimate of drug-likeness (QED) is 0.383. The van der Waals surface area contributed by atoms with Gasteiger partial charge in [-0.15, -0.1) is 0 Å². The number of benzene rings is 3. The van der Waals surface area contributed by atoms with Crippen LogP contribution in [0.5, 0.6) is 5.75 Å². The van der Waals surface area contributed by atoms with Crippen molar-refractivity contribution in [1.29, 1.82) is 0 Å². The van der Waals surface area contributed by atoms with Crippen LogP contribution in [0.1, 0.15) is 17.5 Å². The van der Waals surface area contributed by atoms with Crippen LogP contribution < -0.4 is 10.6 Å². The molecule has 3 aromatic rings. The van der Waals surface area contributed by atoms with E-state index in [1.54, 1.807) is 11.8 Å². The first-order valence-corrected chi connectivity index (χ1v) is 11.0. The van der Waals surface area contributed by atoms with E-state index in [0.29, 0.717) is 13.2 Å². The maximum absolute atomic E-state index is 9.36. The summed E-state index contributed by atoms with van der Waals surface area (Å²) in [7, 11) is 0. The minimum Gasteiger partial charge on any atom is -0.489 e. The summed E-state index contributed by atoms with van der Waals surface area (Å²) in [6.45, 7) is 0.926. The molecule has 0 bridgehead atoms. The monoisotopic (exact) mass is 443 g/mol. The molecular formula is C24H26ClNO3S. The van der Waals surface area contributed by atoms with Crippen molar-refractivity contribution in [1.82, 2.24) is 0 Å². The number of aliphatic hydroxyl groups is 1. The Morgan fingerprint density at radius 2 is 1.77 bits per heavy atom. The Hall–Kier alpha value is -2.02. The fraction of sp³-hybridized carbons (Fsp3) is 0.250. The normalized spacial score (nSPS) is 12.0. The van der Waals surface area contributed by atoms with E-state index >= 15 is 0 Å². The molecule has 30 heavy (non-hydrogen) atoms. The van der Waals surface area contributed by atoms with E-state index in [4.69, 9.17) is 22.2 Å². The van der Waals surface area contributed by atoms with Gasteiger partial charge in [0.05, 0.1) is 6.61 Å². The average molecular weight is 444 g/mol. The van der Waals surface area contributed by atoms with Gasteiger partial charge in [-0.3, -0.25) is 0 Å². The number of aliphatic hydroxyl groups excluding tert-OH is 1. The zero-order valence-corrected chi connectivity index (χ0v) is 18.2. The maximum Gasteiger partial charge on any atom is 0.120 e. The largest absolute Gasteiger partial charge is 0.489 e. The summed E-state index contributed by atoms with van der Waals surface area (Å²) in [5, 5.41) is 10.1. The number of rotatable bonds is 11. The summed E-state index contributed by atoms with van der Waals surface area (Å²) in [5.74, 6) is 5.96. The number of hydrogen-bond donors (Lipinski definition) is 2. The highest BCUT2D eigenvalue weighted by Crippen LogP contribution is 2.33. The van der Waals surface area contributed by atoms with Crippen LogP contribution >= 0.6 is 23.4 Å². The molecule has 1 unspecified atom stereocenters. The highest BCUT2D eigenvalue weighted by Gasteiger charge is 2.10. The van der Waals surface area contributed by atoms with E-state index in [2.05, 4.69) is 17.0 Å². The minimum absolute atomic E-state index is 0.0127. The fourth-order valence-electron chi connectivity index (χ4n) is 3.02. The van der Waals surface area contributed by atoms with E-state index in [0.717, 1.165) is 44.5 Å². The van der Waals surface area contributed by atoms with E-state index in [1.807, 2.05) is 60.7 Å². The van der Waals surface area contributed by atoms with Gasteiger partial charge in [0.25, 0.3) is 0 Å². The topological polar surface area (TPSA) is 64.7 Å². The first-order valence-electron chi connectivity index (χ1n) is 9.83. The molecule has 0 aliphatic rings. The van der Waals surface area contributed by atoms with Gasteiger partial charge >= 0.3 is 0 Å². The fourth-order valence-corrected chi connectivity index (χ4v) is 4.27. The van der Waals surface area contributed by atoms with Crippen molar-refractivity contribution in [2.24, 2.45) is 11.8 Å². The molecule has 0 aromatic heterocycles. The summed E-state index contributed by atoms with van der Waals surface area (Å²) in [4.78, 5) is 6.80. The summed E-state index contributed by atoms with van der Waals surface area (Å²) in [5.41, 5.74) is 2.19. The van der Waals surface area contributed by atoms with Crippen LogP contribution in [-0.4, -0.2) is 18.3 Å². The molecule has 0 saturated carbocycles. The molecule has 0 fully saturated rings. The Morgan fingerprint density at radius 1 is 0.967 bits per heavy atom. The lowest BCUT2D eigenvalue weighted by atomic mass is 10.0. The van der Waals surface area contributed by atoms with E-state index < -0.39 is 0 Å². The standard InChI is InChI=1S/C24H26ClNO3S/c25-24-14-23(12-11-20(24)10-9-19(15-27)17-29-26)30-22-8-4-7-21(13-22)28-16-18-5-2-1-3-6-18/h1-8,11-14,19,27H,9-10,15-17,26H2. The predicted octanol–water partition coefficient (Wildman–Crippen LogP) is 5.50. The lowest BCUT2D eigenvalue weighted by Crippen LogP contribution is -2.17. The molecule has 0 spiro atoms. The number of nitrogens with two attached hydrogens (primary N) is 1. The number of halogens is 1. The molecule has 3 rings (SSSR count).